The van der Waals surface area contributed by atoms with Crippen LogP contribution in [-0.2, 0) is 16.2 Å². The van der Waals surface area contributed by atoms with Gasteiger partial charge in [0.05, 0.1) is 16.9 Å². The van der Waals surface area contributed by atoms with Crippen LogP contribution in [-0.4, -0.2) is 18.0 Å². The van der Waals surface area contributed by atoms with Gasteiger partial charge in [-0.15, -0.1) is 0 Å². The number of anilines is 1. The van der Waals surface area contributed by atoms with Crippen molar-refractivity contribution < 1.29 is 14.3 Å². The fourth-order valence-corrected chi connectivity index (χ4v) is 2.79. The van der Waals surface area contributed by atoms with Crippen LogP contribution in [0.5, 0.6) is 5.75 Å². The molecule has 3 rings (SSSR count). The maximum absolute atomic E-state index is 11.9. The number of hydrazone groups is 1. The highest BCUT2D eigenvalue weighted by molar-refractivity contribution is 6.41. The number of halogens is 2. The molecule has 0 fully saturated rings. The Kier molecular flexibility index (Phi) is 7.43. The molecule has 0 bridgehead atoms. The smallest absolute Gasteiger partial charge is 0.329 e. The van der Waals surface area contributed by atoms with Crippen molar-refractivity contribution in [2.75, 3.05) is 5.32 Å². The van der Waals surface area contributed by atoms with E-state index in [0.717, 1.165) is 5.56 Å². The lowest BCUT2D eigenvalue weighted by Gasteiger charge is -2.08. The van der Waals surface area contributed by atoms with Crippen LogP contribution in [0.4, 0.5) is 5.69 Å². The second-order valence-electron chi connectivity index (χ2n) is 6.09. The molecule has 0 aliphatic heterocycles. The van der Waals surface area contributed by atoms with Gasteiger partial charge in [0.1, 0.15) is 12.4 Å². The SMILES string of the molecule is O=C(N/N=C/c1cccc(OCc2ccccc2Cl)c1)C(=O)Nc1ccccc1Cl. The van der Waals surface area contributed by atoms with Crippen molar-refractivity contribution in [3.05, 3.63) is 94.0 Å². The first-order valence-corrected chi connectivity index (χ1v) is 9.64. The fourth-order valence-electron chi connectivity index (χ4n) is 2.42. The van der Waals surface area contributed by atoms with Gasteiger partial charge in [-0.25, -0.2) is 5.43 Å². The quantitative estimate of drug-likeness (QED) is 0.331. The Morgan fingerprint density at radius 2 is 1.63 bits per heavy atom. The molecule has 0 spiro atoms. The largest absolute Gasteiger partial charge is 0.489 e. The van der Waals surface area contributed by atoms with Crippen molar-refractivity contribution in [2.24, 2.45) is 5.10 Å². The van der Waals surface area contributed by atoms with Gasteiger partial charge in [0.2, 0.25) is 0 Å². The minimum absolute atomic E-state index is 0.319. The molecule has 0 atom stereocenters. The highest BCUT2D eigenvalue weighted by atomic mass is 35.5. The summed E-state index contributed by atoms with van der Waals surface area (Å²) in [5.74, 6) is -1.18. The molecule has 3 aromatic rings. The molecular formula is C22H17Cl2N3O3. The van der Waals surface area contributed by atoms with Crippen LogP contribution in [0.15, 0.2) is 77.9 Å². The van der Waals surface area contributed by atoms with Gasteiger partial charge in [0, 0.05) is 10.6 Å². The minimum Gasteiger partial charge on any atom is -0.489 e. The van der Waals surface area contributed by atoms with E-state index in [1.807, 2.05) is 18.2 Å². The summed E-state index contributed by atoms with van der Waals surface area (Å²) in [5.41, 5.74) is 4.06. The summed E-state index contributed by atoms with van der Waals surface area (Å²) in [6.07, 6.45) is 1.41. The Bertz CT molecular complexity index is 1090. The number of para-hydroxylation sites is 1. The number of rotatable bonds is 6. The molecule has 0 aliphatic carbocycles. The Hall–Kier alpha value is -3.35. The molecular weight excluding hydrogens is 425 g/mol. The molecule has 0 saturated carbocycles. The van der Waals surface area contributed by atoms with Crippen LogP contribution in [0.3, 0.4) is 0 Å². The molecule has 8 heteroatoms. The van der Waals surface area contributed by atoms with Gasteiger partial charge in [-0.2, -0.15) is 5.10 Å². The van der Waals surface area contributed by atoms with E-state index in [2.05, 4.69) is 15.8 Å². The van der Waals surface area contributed by atoms with Crippen molar-refractivity contribution in [1.82, 2.24) is 5.43 Å². The number of amides is 2. The zero-order valence-electron chi connectivity index (χ0n) is 15.6. The van der Waals surface area contributed by atoms with Gasteiger partial charge in [0.15, 0.2) is 0 Å². The van der Waals surface area contributed by atoms with Crippen LogP contribution >= 0.6 is 23.2 Å². The number of hydrogen-bond donors (Lipinski definition) is 2. The summed E-state index contributed by atoms with van der Waals surface area (Å²) in [6.45, 7) is 0.319. The summed E-state index contributed by atoms with van der Waals surface area (Å²) in [6, 6.07) is 21.1. The Morgan fingerprint density at radius 3 is 2.40 bits per heavy atom. The van der Waals surface area contributed by atoms with Crippen molar-refractivity contribution in [3.8, 4) is 5.75 Å². The second-order valence-corrected chi connectivity index (χ2v) is 6.90. The number of nitrogens with zero attached hydrogens (tertiary/aromatic N) is 1. The van der Waals surface area contributed by atoms with E-state index < -0.39 is 11.8 Å². The molecule has 3 aromatic carbocycles. The van der Waals surface area contributed by atoms with E-state index in [1.165, 1.54) is 6.21 Å². The van der Waals surface area contributed by atoms with E-state index in [1.54, 1.807) is 54.6 Å². The lowest BCUT2D eigenvalue weighted by Crippen LogP contribution is -2.32. The number of hydrogen-bond acceptors (Lipinski definition) is 4. The summed E-state index contributed by atoms with van der Waals surface area (Å²) >= 11 is 12.1. The summed E-state index contributed by atoms with van der Waals surface area (Å²) in [7, 11) is 0. The number of benzene rings is 3. The standard InChI is InChI=1S/C22H17Cl2N3O3/c23-18-9-2-1-7-16(18)14-30-17-8-5-6-15(12-17)13-25-27-22(29)21(28)26-20-11-4-3-10-19(20)24/h1-13H,14H2,(H,26,28)(H,27,29)/b25-13+. The van der Waals surface area contributed by atoms with Gasteiger partial charge >= 0.3 is 11.8 Å². The van der Waals surface area contributed by atoms with Gasteiger partial charge in [0.25, 0.3) is 0 Å². The number of nitrogens with one attached hydrogen (secondary N) is 2. The topological polar surface area (TPSA) is 79.8 Å². The third-order valence-electron chi connectivity index (χ3n) is 3.92. The van der Waals surface area contributed by atoms with Crippen molar-refractivity contribution in [3.63, 3.8) is 0 Å². The van der Waals surface area contributed by atoms with Crippen molar-refractivity contribution >= 4 is 46.9 Å². The Balaban J connectivity index is 1.54. The molecule has 30 heavy (non-hydrogen) atoms. The Morgan fingerprint density at radius 1 is 0.900 bits per heavy atom. The first kappa shape index (κ1) is 21.4. The second kappa shape index (κ2) is 10.4. The number of carbonyl (C=O) groups excluding carboxylic acids is 2. The van der Waals surface area contributed by atoms with Gasteiger partial charge < -0.3 is 10.1 Å². The van der Waals surface area contributed by atoms with E-state index in [0.29, 0.717) is 33.7 Å². The molecule has 2 amide bonds. The maximum atomic E-state index is 11.9. The maximum Gasteiger partial charge on any atom is 0.329 e. The van der Waals surface area contributed by atoms with Crippen LogP contribution < -0.4 is 15.5 Å². The van der Waals surface area contributed by atoms with Gasteiger partial charge in [-0.3, -0.25) is 9.59 Å². The zero-order valence-corrected chi connectivity index (χ0v) is 17.2. The third kappa shape index (κ3) is 6.07. The first-order valence-electron chi connectivity index (χ1n) is 8.88. The van der Waals surface area contributed by atoms with Crippen molar-refractivity contribution in [1.29, 1.82) is 0 Å². The highest BCUT2D eigenvalue weighted by Gasteiger charge is 2.14. The minimum atomic E-state index is -0.919. The van der Waals surface area contributed by atoms with Crippen LogP contribution in [0, 0.1) is 0 Å². The van der Waals surface area contributed by atoms with E-state index in [-0.39, 0.29) is 0 Å². The summed E-state index contributed by atoms with van der Waals surface area (Å²) in [5, 5.41) is 7.18. The van der Waals surface area contributed by atoms with Crippen LogP contribution in [0.2, 0.25) is 10.0 Å². The zero-order chi connectivity index (χ0) is 21.3. The summed E-state index contributed by atoms with van der Waals surface area (Å²) < 4.78 is 5.75. The fraction of sp³-hybridized carbons (Fsp3) is 0.0455. The molecule has 0 heterocycles. The van der Waals surface area contributed by atoms with Crippen molar-refractivity contribution in [2.45, 2.75) is 6.61 Å². The normalized spacial score (nSPS) is 10.6. The monoisotopic (exact) mass is 441 g/mol. The average molecular weight is 442 g/mol. The van der Waals surface area contributed by atoms with Crippen LogP contribution in [0.25, 0.3) is 0 Å². The van der Waals surface area contributed by atoms with E-state index in [4.69, 9.17) is 27.9 Å². The highest BCUT2D eigenvalue weighted by Crippen LogP contribution is 2.20. The van der Waals surface area contributed by atoms with Gasteiger partial charge in [-0.1, -0.05) is 65.7 Å². The average Bonchev–Trinajstić information content (AvgIpc) is 2.75. The lowest BCUT2D eigenvalue weighted by atomic mass is 10.2. The predicted octanol–water partition coefficient (Wildman–Crippen LogP) is 4.66. The number of carbonyl (C=O) groups is 2. The molecule has 0 radical (unpaired) electrons. The molecule has 6 nitrogen and oxygen atoms in total. The third-order valence-corrected chi connectivity index (χ3v) is 4.62. The number of ether oxygens (including phenoxy) is 1. The molecule has 0 saturated heterocycles. The predicted molar refractivity (Wildman–Crippen MR) is 118 cm³/mol. The molecule has 0 aromatic heterocycles. The molecule has 0 unspecified atom stereocenters. The summed E-state index contributed by atoms with van der Waals surface area (Å²) in [4.78, 5) is 23.8. The van der Waals surface area contributed by atoms with E-state index in [9.17, 15) is 9.59 Å². The lowest BCUT2D eigenvalue weighted by molar-refractivity contribution is -0.136. The van der Waals surface area contributed by atoms with Crippen LogP contribution in [0.1, 0.15) is 11.1 Å². The first-order chi connectivity index (χ1) is 14.5. The molecule has 0 aliphatic rings. The molecule has 152 valence electrons. The van der Waals surface area contributed by atoms with Gasteiger partial charge in [-0.05, 0) is 35.9 Å². The molecule has 2 N–H and O–H groups in total. The Labute approximate surface area is 183 Å². The van der Waals surface area contributed by atoms with E-state index >= 15 is 0 Å².